The van der Waals surface area contributed by atoms with Crippen LogP contribution in [0.4, 0.5) is 0 Å². The Balaban J connectivity index is -0.00000000399. The molecule has 0 rings (SSSR count). The third-order valence-corrected chi connectivity index (χ3v) is 0. The number of hydrogen-bond acceptors (Lipinski definition) is 33. The predicted molar refractivity (Wildman–Crippen MR) is 70.0 cm³/mol. The molecular weight excluding hydrogens is 1340 g/mol. The third kappa shape index (κ3) is 1180. The van der Waals surface area contributed by atoms with Gasteiger partial charge in [0.1, 0.15) is 0 Å². The molecule has 0 aliphatic carbocycles. The fourth-order valence-corrected chi connectivity index (χ4v) is 0. The van der Waals surface area contributed by atoms with Gasteiger partial charge in [-0.15, -0.1) is 0 Å². The second kappa shape index (κ2) is 270. The second-order valence-electron chi connectivity index (χ2n) is 3.23. The van der Waals surface area contributed by atoms with Crippen LogP contribution in [0.5, 0.6) is 0 Å². The summed E-state index contributed by atoms with van der Waals surface area (Å²) in [5, 5.41) is 274. The van der Waals surface area contributed by atoms with Crippen molar-refractivity contribution < 1.29 is 1050 Å². The Morgan fingerprint density at radius 3 is 0.108 bits per heavy atom. The zero-order chi connectivity index (χ0) is 39.4. The molecular formula is H3B11Na30O33. The normalized spacial score (nSPS) is 4.01. The summed E-state index contributed by atoms with van der Waals surface area (Å²) in [4.78, 5) is 0. The zero-order valence-corrected chi connectivity index (χ0v) is 110. The molecule has 0 spiro atoms. The standard InChI is InChI=1S/BH3O3.10BO3.30Na/c11*2-1(3)4;;;;;;;;;;;;;;;;;;;;;;;;;;;;;;/h2-4H;;;;;;;;;;;;;;;;;;;;;;;;;;;;;;;;;;;;;;;;/q;10*-3;30*+1. The summed E-state index contributed by atoms with van der Waals surface area (Å²) < 4.78 is 0. The maximum atomic E-state index is 8.42. The van der Waals surface area contributed by atoms with Crippen molar-refractivity contribution in [1.82, 2.24) is 0 Å². The van der Waals surface area contributed by atoms with E-state index in [1.54, 1.807) is 0 Å². The molecule has 264 valence electrons. The first-order chi connectivity index (χ1) is 19.1. The van der Waals surface area contributed by atoms with E-state index in [1.165, 1.54) is 0 Å². The van der Waals surface area contributed by atoms with Crippen LogP contribution < -0.4 is 1040 Å². The SMILES string of the molecule is OB(O)O.[Na+].[Na+].[Na+].[Na+].[Na+].[Na+].[Na+].[Na+].[Na+].[Na+].[Na+].[Na+].[Na+].[Na+].[Na+].[Na+].[Na+].[Na+].[Na+].[Na+].[Na+].[Na+].[Na+].[Na+].[Na+].[Na+].[Na+].[Na+].[Na+].[Na+].[O-]B([O-])[O-].[O-]B([O-])[O-].[O-]B([O-])[O-].[O-]B([O-])[O-].[O-]B([O-])[O-].[O-]B([O-])[O-].[O-]B([O-])[O-].[O-]B([O-])[O-].[O-]B([O-])[O-].[O-]B([O-])[O-]. The summed E-state index contributed by atoms with van der Waals surface area (Å²) in [6.07, 6.45) is 0. The van der Waals surface area contributed by atoms with Crippen LogP contribution in [-0.2, 0) is 0 Å². The number of rotatable bonds is 0. The van der Waals surface area contributed by atoms with Crippen molar-refractivity contribution in [3.63, 3.8) is 0 Å². The molecule has 0 aliphatic heterocycles. The Bertz CT molecular complexity index is 274. The third-order valence-electron chi connectivity index (χ3n) is 0. The fraction of sp³-hybridized carbons (Fsp3) is 0. The quantitative estimate of drug-likeness (QED) is 0.190. The molecule has 74 heavy (non-hydrogen) atoms. The van der Waals surface area contributed by atoms with Gasteiger partial charge < -0.3 is 166 Å². The van der Waals surface area contributed by atoms with Crippen LogP contribution in [0.15, 0.2) is 0 Å². The van der Waals surface area contributed by atoms with Crippen molar-refractivity contribution in [3.05, 3.63) is 0 Å². The van der Waals surface area contributed by atoms with E-state index >= 15 is 0 Å². The van der Waals surface area contributed by atoms with E-state index in [2.05, 4.69) is 0 Å². The van der Waals surface area contributed by atoms with Crippen molar-refractivity contribution in [3.8, 4) is 0 Å². The molecule has 0 aromatic carbocycles. The molecule has 0 bridgehead atoms. The molecule has 0 aromatic heterocycles. The van der Waals surface area contributed by atoms with Gasteiger partial charge in [0.25, 0.3) is 0 Å². The topological polar surface area (TPSA) is 752 Å². The average molecular weight is 1340 g/mol. The summed E-state index contributed by atoms with van der Waals surface area (Å²) in [5.41, 5.74) is 0. The van der Waals surface area contributed by atoms with Crippen molar-refractivity contribution in [2.75, 3.05) is 0 Å². The summed E-state index contributed by atoms with van der Waals surface area (Å²) in [5.74, 6) is 0. The Morgan fingerprint density at radius 1 is 0.108 bits per heavy atom. The summed E-state index contributed by atoms with van der Waals surface area (Å²) in [7, 11) is -31.3. The minimum Gasteiger partial charge on any atom is -0.907 e. The van der Waals surface area contributed by atoms with Crippen LogP contribution in [-0.4, -0.2) is 95.6 Å². The maximum Gasteiger partial charge on any atom is 1.00 e. The van der Waals surface area contributed by atoms with Crippen LogP contribution in [0.3, 0.4) is 0 Å². The molecule has 0 atom stereocenters. The first-order valence-corrected chi connectivity index (χ1v) is 7.85. The smallest absolute Gasteiger partial charge is 0.907 e. The Morgan fingerprint density at radius 2 is 0.108 bits per heavy atom. The van der Waals surface area contributed by atoms with Gasteiger partial charge in [0.15, 0.2) is 0 Å². The van der Waals surface area contributed by atoms with Gasteiger partial charge in [-0.25, -0.2) is 0 Å². The predicted octanol–water partition coefficient (Wildman–Crippen LogP) is -131. The monoisotopic (exact) mass is 1340 g/mol. The maximum absolute atomic E-state index is 8.42. The van der Waals surface area contributed by atoms with Gasteiger partial charge in [-0.2, -0.15) is 0 Å². The molecule has 0 aromatic rings. The molecule has 3 N–H and O–H groups in total. The van der Waals surface area contributed by atoms with Crippen LogP contribution >= 0.6 is 0 Å². The van der Waals surface area contributed by atoms with Gasteiger partial charge in [0.05, 0.1) is 0 Å². The molecule has 0 aliphatic rings. The summed E-state index contributed by atoms with van der Waals surface area (Å²) >= 11 is 0. The van der Waals surface area contributed by atoms with Crippen molar-refractivity contribution in [2.45, 2.75) is 0 Å². The molecule has 33 nitrogen and oxygen atoms in total. The largest absolute Gasteiger partial charge is 1.00 e. The van der Waals surface area contributed by atoms with Gasteiger partial charge in [0.2, 0.25) is 0 Å². The molecule has 74 heteroatoms. The Hall–Kier alpha value is 29.4. The molecule has 0 fully saturated rings. The summed E-state index contributed by atoms with van der Waals surface area (Å²) in [6, 6.07) is 0. The van der Waals surface area contributed by atoms with Gasteiger partial charge in [-0.05, 0) is 0 Å². The number of hydrogen-bond donors (Lipinski definition) is 3. The van der Waals surface area contributed by atoms with Gasteiger partial charge in [0, 0.05) is 0 Å². The Labute approximate surface area is 1100 Å². The fourth-order valence-electron chi connectivity index (χ4n) is 0. The van der Waals surface area contributed by atoms with E-state index in [0.717, 1.165) is 0 Å². The second-order valence-corrected chi connectivity index (χ2v) is 3.23. The van der Waals surface area contributed by atoms with Crippen molar-refractivity contribution >= 4 is 80.5 Å². The molecule has 0 saturated heterocycles. The minimum atomic E-state index is -2.92. The first-order valence-electron chi connectivity index (χ1n) is 7.85. The van der Waals surface area contributed by atoms with E-state index in [-0.39, 0.29) is 887 Å². The van der Waals surface area contributed by atoms with E-state index < -0.39 is 80.5 Å². The van der Waals surface area contributed by atoms with E-state index in [9.17, 15) is 0 Å². The summed E-state index contributed by atoms with van der Waals surface area (Å²) in [6.45, 7) is 0. The van der Waals surface area contributed by atoms with Crippen LogP contribution in [0, 0.1) is 0 Å². The van der Waals surface area contributed by atoms with Crippen LogP contribution in [0.1, 0.15) is 0 Å². The molecule has 0 radical (unpaired) electrons. The molecule has 0 heterocycles. The molecule has 0 unspecified atom stereocenters. The van der Waals surface area contributed by atoms with Gasteiger partial charge in [-0.3, -0.25) is 73.2 Å². The van der Waals surface area contributed by atoms with Gasteiger partial charge >= 0.3 is 894 Å². The van der Waals surface area contributed by atoms with E-state index in [0.29, 0.717) is 0 Å². The zero-order valence-electron chi connectivity index (χ0n) is 49.9. The first kappa shape index (κ1) is 278. The molecule has 0 amide bonds. The van der Waals surface area contributed by atoms with Gasteiger partial charge in [-0.1, -0.05) is 0 Å². The molecule has 0 saturated carbocycles. The van der Waals surface area contributed by atoms with E-state index in [1.807, 2.05) is 0 Å². The Kier molecular flexibility index (Phi) is 1020. The minimum absolute atomic E-state index is 0. The van der Waals surface area contributed by atoms with Crippen molar-refractivity contribution in [2.24, 2.45) is 0 Å². The van der Waals surface area contributed by atoms with Crippen molar-refractivity contribution in [1.29, 1.82) is 0 Å². The van der Waals surface area contributed by atoms with E-state index in [4.69, 9.17) is 166 Å². The van der Waals surface area contributed by atoms with Crippen LogP contribution in [0.25, 0.3) is 0 Å². The van der Waals surface area contributed by atoms with Crippen LogP contribution in [0.2, 0.25) is 0 Å². The average Bonchev–Trinajstić information content (AvgIpc) is 2.55.